The van der Waals surface area contributed by atoms with Gasteiger partial charge < -0.3 is 4.90 Å². The third-order valence-electron chi connectivity index (χ3n) is 3.84. The van der Waals surface area contributed by atoms with Gasteiger partial charge in [-0.3, -0.25) is 9.19 Å². The lowest BCUT2D eigenvalue weighted by Gasteiger charge is -2.31. The minimum atomic E-state index is -0.657. The van der Waals surface area contributed by atoms with Crippen LogP contribution in [0.5, 0.6) is 0 Å². The summed E-state index contributed by atoms with van der Waals surface area (Å²) in [5, 5.41) is 0.959. The lowest BCUT2D eigenvalue weighted by atomic mass is 10.1. The van der Waals surface area contributed by atoms with Gasteiger partial charge in [0.2, 0.25) is 0 Å². The Bertz CT molecular complexity index is 700. The van der Waals surface area contributed by atoms with Crippen LogP contribution in [0.15, 0.2) is 18.3 Å². The van der Waals surface area contributed by atoms with Gasteiger partial charge in [-0.05, 0) is 25.0 Å². The fourth-order valence-electron chi connectivity index (χ4n) is 2.52. The van der Waals surface area contributed by atoms with E-state index in [4.69, 9.17) is 23.2 Å². The van der Waals surface area contributed by atoms with Crippen molar-refractivity contribution in [3.8, 4) is 0 Å². The molecule has 21 heavy (non-hydrogen) atoms. The number of hydrogen-bond acceptors (Lipinski definition) is 4. The summed E-state index contributed by atoms with van der Waals surface area (Å²) in [7, 11) is 1.35. The highest BCUT2D eigenvalue weighted by Crippen LogP contribution is 2.28. The average molecular weight is 344 g/mol. The van der Waals surface area contributed by atoms with E-state index in [1.807, 2.05) is 7.05 Å². The summed E-state index contributed by atoms with van der Waals surface area (Å²) in [5.74, 6) is 2.33. The Labute approximate surface area is 135 Å². The zero-order chi connectivity index (χ0) is 15.0. The Kier molecular flexibility index (Phi) is 4.33. The van der Waals surface area contributed by atoms with E-state index in [0.717, 1.165) is 41.2 Å². The van der Waals surface area contributed by atoms with Crippen molar-refractivity contribution in [1.29, 1.82) is 0 Å². The lowest BCUT2D eigenvalue weighted by molar-refractivity contribution is 0.566. The van der Waals surface area contributed by atoms with E-state index in [9.17, 15) is 4.21 Å². The summed E-state index contributed by atoms with van der Waals surface area (Å²) in [6, 6.07) is 3.82. The number of anilines is 1. The molecule has 2 aromatic rings. The van der Waals surface area contributed by atoms with Gasteiger partial charge >= 0.3 is 0 Å². The fraction of sp³-hybridized carbons (Fsp3) is 0.429. The standard InChI is InChI=1S/C14H15Cl2N3OS/c1-19(9-2-4-21(20)5-3-9)14-8-17-12-6-10(15)11(16)7-13(12)18-14/h6-9H,2-5H2,1H3. The Morgan fingerprint density at radius 2 is 1.81 bits per heavy atom. The molecule has 3 rings (SSSR count). The van der Waals surface area contributed by atoms with E-state index in [1.165, 1.54) is 0 Å². The molecule has 0 N–H and O–H groups in total. The molecule has 0 bridgehead atoms. The number of nitrogens with zero attached hydrogens (tertiary/aromatic N) is 3. The minimum Gasteiger partial charge on any atom is -0.355 e. The van der Waals surface area contributed by atoms with Gasteiger partial charge in [0.15, 0.2) is 0 Å². The van der Waals surface area contributed by atoms with E-state index in [1.54, 1.807) is 18.3 Å². The maximum atomic E-state index is 11.4. The van der Waals surface area contributed by atoms with E-state index >= 15 is 0 Å². The molecule has 1 aliphatic rings. The minimum absolute atomic E-state index is 0.359. The third kappa shape index (κ3) is 3.15. The van der Waals surface area contributed by atoms with Gasteiger partial charge in [-0.15, -0.1) is 0 Å². The first-order valence-electron chi connectivity index (χ1n) is 6.74. The second-order valence-electron chi connectivity index (χ2n) is 5.17. The van der Waals surface area contributed by atoms with Crippen molar-refractivity contribution in [2.24, 2.45) is 0 Å². The summed E-state index contributed by atoms with van der Waals surface area (Å²) < 4.78 is 11.4. The van der Waals surface area contributed by atoms with Gasteiger partial charge in [-0.25, -0.2) is 4.98 Å². The molecule has 7 heteroatoms. The highest BCUT2D eigenvalue weighted by atomic mass is 35.5. The molecule has 1 aliphatic heterocycles. The number of halogens is 2. The molecule has 1 fully saturated rings. The SMILES string of the molecule is CN(c1cnc2cc(Cl)c(Cl)cc2n1)C1CCS(=O)CC1. The fourth-order valence-corrected chi connectivity index (χ4v) is 4.11. The zero-order valence-corrected chi connectivity index (χ0v) is 13.9. The smallest absolute Gasteiger partial charge is 0.147 e. The van der Waals surface area contributed by atoms with Crippen molar-refractivity contribution < 1.29 is 4.21 Å². The van der Waals surface area contributed by atoms with Crippen LogP contribution in [0.1, 0.15) is 12.8 Å². The van der Waals surface area contributed by atoms with E-state index in [0.29, 0.717) is 16.1 Å². The van der Waals surface area contributed by atoms with Crippen molar-refractivity contribution in [3.63, 3.8) is 0 Å². The first kappa shape index (κ1) is 15.0. The Morgan fingerprint density at radius 3 is 2.48 bits per heavy atom. The average Bonchev–Trinajstić information content (AvgIpc) is 2.48. The Morgan fingerprint density at radius 1 is 1.19 bits per heavy atom. The molecule has 1 aromatic heterocycles. The number of benzene rings is 1. The number of hydrogen-bond donors (Lipinski definition) is 0. The molecule has 0 aliphatic carbocycles. The van der Waals surface area contributed by atoms with Crippen LogP contribution in [0.3, 0.4) is 0 Å². The van der Waals surface area contributed by atoms with Crippen molar-refractivity contribution in [2.45, 2.75) is 18.9 Å². The van der Waals surface area contributed by atoms with Gasteiger partial charge in [-0.1, -0.05) is 23.2 Å². The van der Waals surface area contributed by atoms with Crippen LogP contribution in [-0.2, 0) is 10.8 Å². The van der Waals surface area contributed by atoms with Crippen molar-refractivity contribution >= 4 is 50.9 Å². The summed E-state index contributed by atoms with van der Waals surface area (Å²) in [5.41, 5.74) is 1.46. The van der Waals surface area contributed by atoms with Crippen molar-refractivity contribution in [1.82, 2.24) is 9.97 Å². The first-order chi connectivity index (χ1) is 10.0. The molecule has 0 atom stereocenters. The summed E-state index contributed by atoms with van der Waals surface area (Å²) in [4.78, 5) is 11.1. The molecule has 1 aromatic carbocycles. The van der Waals surface area contributed by atoms with Crippen LogP contribution >= 0.6 is 23.2 Å². The number of aromatic nitrogens is 2. The largest absolute Gasteiger partial charge is 0.355 e. The maximum absolute atomic E-state index is 11.4. The molecule has 0 radical (unpaired) electrons. The molecule has 2 heterocycles. The first-order valence-corrected chi connectivity index (χ1v) is 8.98. The summed E-state index contributed by atoms with van der Waals surface area (Å²) >= 11 is 12.0. The summed E-state index contributed by atoms with van der Waals surface area (Å²) in [6.45, 7) is 0. The predicted octanol–water partition coefficient (Wildman–Crippen LogP) is 3.28. The van der Waals surface area contributed by atoms with E-state index in [-0.39, 0.29) is 0 Å². The van der Waals surface area contributed by atoms with Gasteiger partial charge in [0.05, 0.1) is 27.3 Å². The molecular formula is C14H15Cl2N3OS. The molecule has 0 amide bonds. The number of rotatable bonds is 2. The van der Waals surface area contributed by atoms with Gasteiger partial charge in [0.25, 0.3) is 0 Å². The van der Waals surface area contributed by atoms with Crippen molar-refractivity contribution in [3.05, 3.63) is 28.4 Å². The van der Waals surface area contributed by atoms with Gasteiger partial charge in [0.1, 0.15) is 5.82 Å². The normalized spacial score (nSPS) is 22.4. The number of fused-ring (bicyclic) bond motifs is 1. The van der Waals surface area contributed by atoms with Gasteiger partial charge in [-0.2, -0.15) is 0 Å². The quantitative estimate of drug-likeness (QED) is 0.839. The highest BCUT2D eigenvalue weighted by Gasteiger charge is 2.22. The van der Waals surface area contributed by atoms with Crippen LogP contribution in [0.25, 0.3) is 11.0 Å². The molecule has 112 valence electrons. The third-order valence-corrected chi connectivity index (χ3v) is 5.94. The van der Waals surface area contributed by atoms with E-state index < -0.39 is 10.8 Å². The zero-order valence-electron chi connectivity index (χ0n) is 11.6. The van der Waals surface area contributed by atoms with Crippen LogP contribution in [0.4, 0.5) is 5.82 Å². The van der Waals surface area contributed by atoms with Crippen LogP contribution < -0.4 is 4.90 Å². The molecule has 1 saturated heterocycles. The molecular weight excluding hydrogens is 329 g/mol. The molecule has 0 saturated carbocycles. The Hall–Kier alpha value is -0.910. The lowest BCUT2D eigenvalue weighted by Crippen LogP contribution is -2.37. The highest BCUT2D eigenvalue weighted by molar-refractivity contribution is 7.85. The second-order valence-corrected chi connectivity index (χ2v) is 7.68. The summed E-state index contributed by atoms with van der Waals surface area (Å²) in [6.07, 6.45) is 3.59. The topological polar surface area (TPSA) is 46.1 Å². The van der Waals surface area contributed by atoms with Crippen LogP contribution in [0, 0.1) is 0 Å². The monoisotopic (exact) mass is 343 g/mol. The van der Waals surface area contributed by atoms with Crippen LogP contribution in [-0.4, -0.2) is 38.8 Å². The van der Waals surface area contributed by atoms with Crippen LogP contribution in [0.2, 0.25) is 10.0 Å². The second kappa shape index (κ2) is 6.07. The van der Waals surface area contributed by atoms with Crippen molar-refractivity contribution in [2.75, 3.05) is 23.5 Å². The van der Waals surface area contributed by atoms with E-state index in [2.05, 4.69) is 14.9 Å². The molecule has 0 spiro atoms. The predicted molar refractivity (Wildman–Crippen MR) is 88.9 cm³/mol. The Balaban J connectivity index is 1.89. The molecule has 4 nitrogen and oxygen atoms in total. The maximum Gasteiger partial charge on any atom is 0.147 e. The molecule has 0 unspecified atom stereocenters. The van der Waals surface area contributed by atoms with Gasteiger partial charge in [0, 0.05) is 35.4 Å².